The number of hydrogen-bond donors (Lipinski definition) is 1. The van der Waals surface area contributed by atoms with Gasteiger partial charge < -0.3 is 9.80 Å². The molecule has 1 saturated heterocycles. The molecule has 22 heavy (non-hydrogen) atoms. The summed E-state index contributed by atoms with van der Waals surface area (Å²) in [6.07, 6.45) is 0. The number of piperazine rings is 1. The van der Waals surface area contributed by atoms with Crippen molar-refractivity contribution in [2.24, 2.45) is 0 Å². The zero-order valence-electron chi connectivity index (χ0n) is 13.1. The molecule has 122 valence electrons. The van der Waals surface area contributed by atoms with Gasteiger partial charge in [-0.2, -0.15) is 0 Å². The van der Waals surface area contributed by atoms with Gasteiger partial charge in [-0.1, -0.05) is 25.1 Å². The molecule has 1 fully saturated rings. The van der Waals surface area contributed by atoms with Crippen molar-refractivity contribution in [3.8, 4) is 0 Å². The minimum absolute atomic E-state index is 0.173. The van der Waals surface area contributed by atoms with Crippen LogP contribution in [0.1, 0.15) is 12.5 Å². The molecule has 1 aliphatic heterocycles. The smallest absolute Gasteiger partial charge is 0.241 e. The summed E-state index contributed by atoms with van der Waals surface area (Å²) in [5, 5.41) is 0. The molecular weight excluding hydrogens is 302 g/mol. The number of carbonyl (C=O) groups excluding carboxylic acids is 1. The van der Waals surface area contributed by atoms with Crippen molar-refractivity contribution in [2.75, 3.05) is 39.3 Å². The Morgan fingerprint density at radius 2 is 1.82 bits per heavy atom. The van der Waals surface area contributed by atoms with Crippen LogP contribution in [0.2, 0.25) is 0 Å². The van der Waals surface area contributed by atoms with Crippen LogP contribution in [0.15, 0.2) is 29.2 Å². The van der Waals surface area contributed by atoms with Gasteiger partial charge in [-0.25, -0.2) is 13.1 Å². The number of hydrogen-bond acceptors (Lipinski definition) is 4. The summed E-state index contributed by atoms with van der Waals surface area (Å²) in [7, 11) is -3.65. The third-order valence-corrected chi connectivity index (χ3v) is 5.53. The lowest BCUT2D eigenvalue weighted by Gasteiger charge is -2.34. The summed E-state index contributed by atoms with van der Waals surface area (Å²) >= 11 is 0. The van der Waals surface area contributed by atoms with Gasteiger partial charge in [0.2, 0.25) is 15.9 Å². The minimum atomic E-state index is -3.65. The van der Waals surface area contributed by atoms with Gasteiger partial charge in [0.05, 0.1) is 11.4 Å². The predicted octanol–water partition coefficient (Wildman–Crippen LogP) is 0.437. The molecule has 0 bridgehead atoms. The van der Waals surface area contributed by atoms with Crippen LogP contribution in [0.5, 0.6) is 0 Å². The van der Waals surface area contributed by atoms with Crippen LogP contribution in [-0.4, -0.2) is 63.4 Å². The van der Waals surface area contributed by atoms with Crippen LogP contribution in [0.3, 0.4) is 0 Å². The second-order valence-electron chi connectivity index (χ2n) is 5.41. The fourth-order valence-corrected chi connectivity index (χ4v) is 3.74. The summed E-state index contributed by atoms with van der Waals surface area (Å²) in [6, 6.07) is 6.74. The van der Waals surface area contributed by atoms with E-state index in [1.54, 1.807) is 36.1 Å². The van der Waals surface area contributed by atoms with Gasteiger partial charge in [-0.3, -0.25) is 4.79 Å². The van der Waals surface area contributed by atoms with E-state index < -0.39 is 10.0 Å². The van der Waals surface area contributed by atoms with Crippen molar-refractivity contribution in [2.45, 2.75) is 18.7 Å². The van der Waals surface area contributed by atoms with Gasteiger partial charge >= 0.3 is 0 Å². The van der Waals surface area contributed by atoms with E-state index in [4.69, 9.17) is 0 Å². The Morgan fingerprint density at radius 1 is 1.18 bits per heavy atom. The highest BCUT2D eigenvalue weighted by molar-refractivity contribution is 7.89. The number of likely N-dealkylation sites (N-methyl/N-ethyl adjacent to an activating group) is 1. The number of amides is 1. The Labute approximate surface area is 132 Å². The van der Waals surface area contributed by atoms with Crippen molar-refractivity contribution in [1.82, 2.24) is 14.5 Å². The zero-order valence-corrected chi connectivity index (χ0v) is 13.9. The minimum Gasteiger partial charge on any atom is -0.339 e. The normalized spacial score (nSPS) is 16.7. The summed E-state index contributed by atoms with van der Waals surface area (Å²) < 4.78 is 26.9. The number of nitrogens with one attached hydrogen (secondary N) is 1. The summed E-state index contributed by atoms with van der Waals surface area (Å²) in [5.74, 6) is -0.173. The molecule has 0 spiro atoms. The van der Waals surface area contributed by atoms with E-state index in [2.05, 4.69) is 16.5 Å². The number of aryl methyl sites for hydroxylation is 1. The average molecular weight is 325 g/mol. The van der Waals surface area contributed by atoms with E-state index in [0.717, 1.165) is 19.6 Å². The molecule has 1 aromatic carbocycles. The maximum atomic E-state index is 12.2. The van der Waals surface area contributed by atoms with Crippen molar-refractivity contribution in [1.29, 1.82) is 0 Å². The summed E-state index contributed by atoms with van der Waals surface area (Å²) in [5.41, 5.74) is 0.666. The number of benzene rings is 1. The summed E-state index contributed by atoms with van der Waals surface area (Å²) in [4.78, 5) is 16.3. The SMILES string of the molecule is CCN1CCN(C(=O)CNS(=O)(=O)c2ccccc2C)CC1. The largest absolute Gasteiger partial charge is 0.339 e. The maximum absolute atomic E-state index is 12.2. The number of nitrogens with zero attached hydrogens (tertiary/aromatic N) is 2. The van der Waals surface area contributed by atoms with Crippen LogP contribution >= 0.6 is 0 Å². The van der Waals surface area contributed by atoms with Crippen molar-refractivity contribution in [3.63, 3.8) is 0 Å². The summed E-state index contributed by atoms with van der Waals surface area (Å²) in [6.45, 7) is 7.59. The van der Waals surface area contributed by atoms with Gasteiger partial charge in [0.15, 0.2) is 0 Å². The molecule has 0 aromatic heterocycles. The molecule has 1 N–H and O–H groups in total. The zero-order chi connectivity index (χ0) is 16.2. The quantitative estimate of drug-likeness (QED) is 0.853. The predicted molar refractivity (Wildman–Crippen MR) is 85.1 cm³/mol. The molecule has 1 amide bonds. The van der Waals surface area contributed by atoms with Crippen molar-refractivity contribution < 1.29 is 13.2 Å². The van der Waals surface area contributed by atoms with Crippen molar-refractivity contribution in [3.05, 3.63) is 29.8 Å². The number of sulfonamides is 1. The Morgan fingerprint density at radius 3 is 2.41 bits per heavy atom. The van der Waals surface area contributed by atoms with Gasteiger partial charge in [-0.05, 0) is 25.1 Å². The Kier molecular flexibility index (Phi) is 5.55. The lowest BCUT2D eigenvalue weighted by Crippen LogP contribution is -2.51. The molecule has 6 nitrogen and oxygen atoms in total. The standard InChI is InChI=1S/C15H23N3O3S/c1-3-17-8-10-18(11-9-17)15(19)12-16-22(20,21)14-7-5-4-6-13(14)2/h4-7,16H,3,8-12H2,1-2H3. The van der Waals surface area contributed by atoms with Crippen LogP contribution in [-0.2, 0) is 14.8 Å². The van der Waals surface area contributed by atoms with E-state index in [0.29, 0.717) is 18.7 Å². The van der Waals surface area contributed by atoms with Gasteiger partial charge in [-0.15, -0.1) is 0 Å². The highest BCUT2D eigenvalue weighted by atomic mass is 32.2. The Hall–Kier alpha value is -1.44. The molecule has 7 heteroatoms. The van der Waals surface area contributed by atoms with Crippen LogP contribution in [0.25, 0.3) is 0 Å². The number of rotatable bonds is 5. The first-order chi connectivity index (χ1) is 10.4. The van der Waals surface area contributed by atoms with Crippen molar-refractivity contribution >= 4 is 15.9 Å². The molecule has 0 atom stereocenters. The topological polar surface area (TPSA) is 69.7 Å². The highest BCUT2D eigenvalue weighted by Gasteiger charge is 2.22. The molecular formula is C15H23N3O3S. The lowest BCUT2D eigenvalue weighted by atomic mass is 10.2. The first-order valence-electron chi connectivity index (χ1n) is 7.49. The lowest BCUT2D eigenvalue weighted by molar-refractivity contribution is -0.131. The highest BCUT2D eigenvalue weighted by Crippen LogP contribution is 2.13. The maximum Gasteiger partial charge on any atom is 0.241 e. The molecule has 0 radical (unpaired) electrons. The third kappa shape index (κ3) is 4.06. The first kappa shape index (κ1) is 16.9. The molecule has 2 rings (SSSR count). The van der Waals surface area contributed by atoms with E-state index in [1.807, 2.05) is 0 Å². The van der Waals surface area contributed by atoms with Gasteiger partial charge in [0, 0.05) is 26.2 Å². The van der Waals surface area contributed by atoms with E-state index >= 15 is 0 Å². The second kappa shape index (κ2) is 7.21. The van der Waals surface area contributed by atoms with E-state index in [-0.39, 0.29) is 17.3 Å². The Bertz CT molecular complexity index is 623. The first-order valence-corrected chi connectivity index (χ1v) is 8.98. The molecule has 1 aliphatic rings. The number of carbonyl (C=O) groups is 1. The fraction of sp³-hybridized carbons (Fsp3) is 0.533. The monoisotopic (exact) mass is 325 g/mol. The molecule has 0 unspecified atom stereocenters. The molecule has 1 heterocycles. The van der Waals surface area contributed by atoms with Gasteiger partial charge in [0.1, 0.15) is 0 Å². The van der Waals surface area contributed by atoms with Gasteiger partial charge in [0.25, 0.3) is 0 Å². The molecule has 1 aromatic rings. The molecule has 0 aliphatic carbocycles. The Balaban J connectivity index is 1.92. The van der Waals surface area contributed by atoms with Crippen LogP contribution < -0.4 is 4.72 Å². The van der Waals surface area contributed by atoms with Crippen LogP contribution in [0, 0.1) is 6.92 Å². The fourth-order valence-electron chi connectivity index (χ4n) is 2.52. The van der Waals surface area contributed by atoms with E-state index in [1.165, 1.54) is 0 Å². The second-order valence-corrected chi connectivity index (χ2v) is 7.14. The average Bonchev–Trinajstić information content (AvgIpc) is 2.53. The van der Waals surface area contributed by atoms with E-state index in [9.17, 15) is 13.2 Å². The van der Waals surface area contributed by atoms with Crippen LogP contribution in [0.4, 0.5) is 0 Å². The third-order valence-electron chi connectivity index (χ3n) is 3.97. The molecule has 0 saturated carbocycles.